The van der Waals surface area contributed by atoms with Gasteiger partial charge in [0.05, 0.1) is 0 Å². The molecule has 1 aromatic carbocycles. The lowest BCUT2D eigenvalue weighted by Crippen LogP contribution is -2.54. The highest BCUT2D eigenvalue weighted by atomic mass is 16.5. The van der Waals surface area contributed by atoms with Crippen LogP contribution in [-0.4, -0.2) is 41.4 Å². The first-order valence-electron chi connectivity index (χ1n) is 7.85. The van der Waals surface area contributed by atoms with Gasteiger partial charge < -0.3 is 20.1 Å². The second-order valence-corrected chi connectivity index (χ2v) is 5.69. The number of nitrogens with one attached hydrogen (secondary N) is 1. The molecule has 1 aromatic heterocycles. The van der Waals surface area contributed by atoms with Crippen molar-refractivity contribution in [2.45, 2.75) is 12.8 Å². The topological polar surface area (TPSA) is 116 Å². The number of ether oxygens (including phenoxy) is 2. The third kappa shape index (κ3) is 3.46. The molecule has 0 bridgehead atoms. The minimum absolute atomic E-state index is 0.0463. The van der Waals surface area contributed by atoms with Crippen LogP contribution in [0.25, 0.3) is 0 Å². The van der Waals surface area contributed by atoms with E-state index in [4.69, 9.17) is 15.2 Å². The van der Waals surface area contributed by atoms with Crippen LogP contribution in [0, 0.1) is 0 Å². The number of aromatic nitrogens is 1. The third-order valence-electron chi connectivity index (χ3n) is 3.94. The van der Waals surface area contributed by atoms with Crippen molar-refractivity contribution in [3.05, 3.63) is 64.1 Å². The summed E-state index contributed by atoms with van der Waals surface area (Å²) in [5, 5.41) is 0. The quantitative estimate of drug-likeness (QED) is 0.803. The van der Waals surface area contributed by atoms with E-state index in [-0.39, 0.29) is 24.7 Å². The summed E-state index contributed by atoms with van der Waals surface area (Å²) in [7, 11) is 1.52. The number of likely N-dealkylation sites (N-methyl/N-ethyl adjacent to an activating group) is 1. The average Bonchev–Trinajstić information content (AvgIpc) is 2.63. The second kappa shape index (κ2) is 7.18. The molecule has 0 radical (unpaired) electrons. The number of carbonyl (C=O) groups is 2. The van der Waals surface area contributed by atoms with E-state index < -0.39 is 23.6 Å². The lowest BCUT2D eigenvalue weighted by molar-refractivity contribution is 0.0581. The van der Waals surface area contributed by atoms with E-state index in [2.05, 4.69) is 5.43 Å². The fourth-order valence-corrected chi connectivity index (χ4v) is 2.56. The molecule has 1 atom stereocenters. The fraction of sp³-hybridized carbons (Fsp3) is 0.235. The largest absolute Gasteiger partial charge is 0.482 e. The molecule has 0 fully saturated rings. The number of hydrogen-bond donors (Lipinski definition) is 2. The van der Waals surface area contributed by atoms with Crippen molar-refractivity contribution in [3.63, 3.8) is 0 Å². The average molecular weight is 358 g/mol. The maximum absolute atomic E-state index is 12.7. The van der Waals surface area contributed by atoms with E-state index in [1.807, 2.05) is 30.3 Å². The SMILES string of the molecule is CN1C(=O)c2c(OCc3ccccc3)c(=O)ccn2NC1COC(N)=O. The van der Waals surface area contributed by atoms with Crippen LogP contribution in [0.15, 0.2) is 47.4 Å². The van der Waals surface area contributed by atoms with Gasteiger partial charge in [0.15, 0.2) is 17.6 Å². The number of primary amides is 1. The number of hydrogen-bond acceptors (Lipinski definition) is 6. The van der Waals surface area contributed by atoms with Gasteiger partial charge >= 0.3 is 6.09 Å². The van der Waals surface area contributed by atoms with Gasteiger partial charge in [0, 0.05) is 19.3 Å². The van der Waals surface area contributed by atoms with E-state index in [1.54, 1.807) is 0 Å². The van der Waals surface area contributed by atoms with E-state index in [1.165, 1.54) is 28.9 Å². The summed E-state index contributed by atoms with van der Waals surface area (Å²) in [6.07, 6.45) is -0.146. The van der Waals surface area contributed by atoms with E-state index >= 15 is 0 Å². The molecule has 9 nitrogen and oxygen atoms in total. The van der Waals surface area contributed by atoms with Crippen LogP contribution in [0.3, 0.4) is 0 Å². The predicted octanol–water partition coefficient (Wildman–Crippen LogP) is 0.478. The first-order valence-corrected chi connectivity index (χ1v) is 7.85. The Morgan fingerprint density at radius 2 is 1.96 bits per heavy atom. The van der Waals surface area contributed by atoms with Crippen LogP contribution < -0.4 is 21.3 Å². The van der Waals surface area contributed by atoms with Crippen LogP contribution >= 0.6 is 0 Å². The summed E-state index contributed by atoms with van der Waals surface area (Å²) in [5.74, 6) is -0.488. The molecule has 1 aliphatic heterocycles. The summed E-state index contributed by atoms with van der Waals surface area (Å²) in [4.78, 5) is 37.1. The third-order valence-corrected chi connectivity index (χ3v) is 3.94. The molecular weight excluding hydrogens is 340 g/mol. The van der Waals surface area contributed by atoms with Crippen LogP contribution in [-0.2, 0) is 11.3 Å². The van der Waals surface area contributed by atoms with Crippen molar-refractivity contribution >= 4 is 12.0 Å². The number of nitrogens with two attached hydrogens (primary N) is 1. The Morgan fingerprint density at radius 3 is 2.65 bits per heavy atom. The van der Waals surface area contributed by atoms with Gasteiger partial charge in [-0.2, -0.15) is 0 Å². The smallest absolute Gasteiger partial charge is 0.404 e. The minimum atomic E-state index is -0.940. The lowest BCUT2D eigenvalue weighted by atomic mass is 10.2. The molecule has 2 heterocycles. The molecule has 0 saturated carbocycles. The highest BCUT2D eigenvalue weighted by Crippen LogP contribution is 2.21. The van der Waals surface area contributed by atoms with Crippen molar-refractivity contribution in [1.82, 2.24) is 9.58 Å². The molecule has 0 saturated heterocycles. The van der Waals surface area contributed by atoms with Crippen molar-refractivity contribution in [1.29, 1.82) is 0 Å². The van der Waals surface area contributed by atoms with Gasteiger partial charge in [-0.15, -0.1) is 0 Å². The Labute approximate surface area is 148 Å². The number of fused-ring (bicyclic) bond motifs is 1. The predicted molar refractivity (Wildman–Crippen MR) is 92.3 cm³/mol. The van der Waals surface area contributed by atoms with Crippen LogP contribution in [0.1, 0.15) is 16.1 Å². The maximum atomic E-state index is 12.7. The number of carbonyl (C=O) groups excluding carboxylic acids is 2. The number of rotatable bonds is 5. The zero-order valence-electron chi connectivity index (χ0n) is 14.0. The maximum Gasteiger partial charge on any atom is 0.404 e. The molecular formula is C17H18N4O5. The van der Waals surface area contributed by atoms with E-state index in [0.717, 1.165) is 5.56 Å². The molecule has 2 amide bonds. The molecule has 0 spiro atoms. The molecule has 2 aromatic rings. The second-order valence-electron chi connectivity index (χ2n) is 5.69. The molecule has 26 heavy (non-hydrogen) atoms. The van der Waals surface area contributed by atoms with Crippen LogP contribution in [0.5, 0.6) is 5.75 Å². The molecule has 136 valence electrons. The van der Waals surface area contributed by atoms with Gasteiger partial charge in [0.25, 0.3) is 5.91 Å². The van der Waals surface area contributed by atoms with Crippen LogP contribution in [0.2, 0.25) is 0 Å². The Kier molecular flexibility index (Phi) is 4.78. The summed E-state index contributed by atoms with van der Waals surface area (Å²) < 4.78 is 11.8. The fourth-order valence-electron chi connectivity index (χ4n) is 2.56. The summed E-state index contributed by atoms with van der Waals surface area (Å²) >= 11 is 0. The Balaban J connectivity index is 1.87. The lowest BCUT2D eigenvalue weighted by Gasteiger charge is -2.36. The highest BCUT2D eigenvalue weighted by Gasteiger charge is 2.33. The Morgan fingerprint density at radius 1 is 1.23 bits per heavy atom. The summed E-state index contributed by atoms with van der Waals surface area (Å²) in [6.45, 7) is 0.0155. The molecule has 3 N–H and O–H groups in total. The molecule has 1 aliphatic rings. The molecule has 9 heteroatoms. The number of nitrogens with zero attached hydrogens (tertiary/aromatic N) is 2. The number of pyridine rings is 1. The van der Waals surface area contributed by atoms with Gasteiger partial charge in [-0.3, -0.25) is 19.7 Å². The van der Waals surface area contributed by atoms with Gasteiger partial charge in [0.1, 0.15) is 13.2 Å². The standard InChI is InChI=1S/C17H18N4O5/c1-20-13(10-26-17(18)24)19-21-8-7-12(22)15(14(21)16(20)23)25-9-11-5-3-2-4-6-11/h2-8,13,19H,9-10H2,1H3,(H2,18,24). The van der Waals surface area contributed by atoms with Gasteiger partial charge in [-0.1, -0.05) is 30.3 Å². The number of amides is 2. The van der Waals surface area contributed by atoms with E-state index in [0.29, 0.717) is 0 Å². The molecule has 1 unspecified atom stereocenters. The Bertz CT molecular complexity index is 880. The van der Waals surface area contributed by atoms with E-state index in [9.17, 15) is 14.4 Å². The van der Waals surface area contributed by atoms with Gasteiger partial charge in [0.2, 0.25) is 5.43 Å². The zero-order chi connectivity index (χ0) is 18.7. The molecule has 0 aliphatic carbocycles. The van der Waals surface area contributed by atoms with Crippen molar-refractivity contribution in [3.8, 4) is 5.75 Å². The number of benzene rings is 1. The summed E-state index contributed by atoms with van der Waals surface area (Å²) in [5.41, 5.74) is 8.47. The normalized spacial score (nSPS) is 15.8. The summed E-state index contributed by atoms with van der Waals surface area (Å²) in [6, 6.07) is 10.6. The molecule has 3 rings (SSSR count). The first kappa shape index (κ1) is 17.3. The first-order chi connectivity index (χ1) is 12.5. The Hall–Kier alpha value is -3.49. The minimum Gasteiger partial charge on any atom is -0.482 e. The van der Waals surface area contributed by atoms with Crippen molar-refractivity contribution in [2.75, 3.05) is 19.1 Å². The highest BCUT2D eigenvalue weighted by molar-refractivity contribution is 5.96. The van der Waals surface area contributed by atoms with Gasteiger partial charge in [-0.25, -0.2) is 4.79 Å². The van der Waals surface area contributed by atoms with Crippen molar-refractivity contribution in [2.24, 2.45) is 5.73 Å². The zero-order valence-corrected chi connectivity index (χ0v) is 14.0. The van der Waals surface area contributed by atoms with Gasteiger partial charge in [-0.05, 0) is 5.56 Å². The van der Waals surface area contributed by atoms with Crippen molar-refractivity contribution < 1.29 is 19.1 Å². The van der Waals surface area contributed by atoms with Crippen LogP contribution in [0.4, 0.5) is 4.79 Å². The monoisotopic (exact) mass is 358 g/mol.